The highest BCUT2D eigenvalue weighted by molar-refractivity contribution is 5.94. The predicted octanol–water partition coefficient (Wildman–Crippen LogP) is 2.28. The van der Waals surface area contributed by atoms with Crippen LogP contribution in [0.1, 0.15) is 18.4 Å². The third-order valence-corrected chi connectivity index (χ3v) is 5.18. The van der Waals surface area contributed by atoms with E-state index in [9.17, 15) is 9.59 Å². The number of piperidine rings is 1. The number of ether oxygens (including phenoxy) is 1. The van der Waals surface area contributed by atoms with E-state index in [0.29, 0.717) is 42.9 Å². The van der Waals surface area contributed by atoms with Gasteiger partial charge in [-0.15, -0.1) is 0 Å². The molecule has 2 heterocycles. The van der Waals surface area contributed by atoms with Gasteiger partial charge in [-0.05, 0) is 49.2 Å². The van der Waals surface area contributed by atoms with Crippen molar-refractivity contribution in [2.24, 2.45) is 5.92 Å². The molecule has 0 bridgehead atoms. The maximum absolute atomic E-state index is 12.8. The van der Waals surface area contributed by atoms with Crippen LogP contribution in [0.2, 0.25) is 0 Å². The van der Waals surface area contributed by atoms with Gasteiger partial charge in [-0.25, -0.2) is 4.98 Å². The van der Waals surface area contributed by atoms with Gasteiger partial charge in [0.2, 0.25) is 11.8 Å². The lowest BCUT2D eigenvalue weighted by molar-refractivity contribution is -0.137. The summed E-state index contributed by atoms with van der Waals surface area (Å²) >= 11 is 0. The lowest BCUT2D eigenvalue weighted by Crippen LogP contribution is -2.43. The molecule has 2 amide bonds. The molecule has 156 valence electrons. The van der Waals surface area contributed by atoms with Crippen molar-refractivity contribution in [2.45, 2.75) is 12.8 Å². The first-order valence-electron chi connectivity index (χ1n) is 9.80. The van der Waals surface area contributed by atoms with Gasteiger partial charge in [0.25, 0.3) is 0 Å². The molecule has 1 N–H and O–H groups in total. The molecule has 1 aliphatic heterocycles. The molecule has 0 atom stereocenters. The molecule has 0 spiro atoms. The third kappa shape index (κ3) is 5.26. The van der Waals surface area contributed by atoms with Crippen LogP contribution >= 0.6 is 0 Å². The summed E-state index contributed by atoms with van der Waals surface area (Å²) in [4.78, 5) is 32.9. The van der Waals surface area contributed by atoms with E-state index in [1.54, 1.807) is 50.7 Å². The second-order valence-electron chi connectivity index (χ2n) is 7.25. The van der Waals surface area contributed by atoms with Crippen molar-refractivity contribution in [3.8, 4) is 11.8 Å². The number of rotatable bonds is 6. The number of benzene rings is 1. The van der Waals surface area contributed by atoms with Crippen LogP contribution in [0.25, 0.3) is 0 Å². The molecular formula is C22H25N5O3. The summed E-state index contributed by atoms with van der Waals surface area (Å²) < 4.78 is 5.10. The van der Waals surface area contributed by atoms with E-state index in [1.165, 1.54) is 4.90 Å². The molecular weight excluding hydrogens is 382 g/mol. The van der Waals surface area contributed by atoms with Gasteiger partial charge >= 0.3 is 0 Å². The minimum absolute atomic E-state index is 0.00224. The van der Waals surface area contributed by atoms with E-state index in [2.05, 4.69) is 21.3 Å². The number of hydrogen-bond acceptors (Lipinski definition) is 6. The van der Waals surface area contributed by atoms with E-state index < -0.39 is 0 Å². The normalized spacial score (nSPS) is 14.0. The fraction of sp³-hybridized carbons (Fsp3) is 0.364. The number of methoxy groups -OCH3 is 1. The van der Waals surface area contributed by atoms with Gasteiger partial charge < -0.3 is 19.9 Å². The lowest BCUT2D eigenvalue weighted by Gasteiger charge is -2.33. The fourth-order valence-electron chi connectivity index (χ4n) is 3.47. The van der Waals surface area contributed by atoms with E-state index in [4.69, 9.17) is 10.00 Å². The first kappa shape index (κ1) is 21.1. The molecule has 3 rings (SSSR count). The summed E-state index contributed by atoms with van der Waals surface area (Å²) in [6.45, 7) is 1.42. The molecule has 0 aliphatic carbocycles. The minimum Gasteiger partial charge on any atom is -0.497 e. The number of carbonyl (C=O) groups excluding carboxylic acids is 2. The number of anilines is 2. The van der Waals surface area contributed by atoms with Gasteiger partial charge in [0.05, 0.1) is 19.2 Å². The van der Waals surface area contributed by atoms with Gasteiger partial charge in [0, 0.05) is 37.9 Å². The zero-order valence-corrected chi connectivity index (χ0v) is 17.2. The summed E-state index contributed by atoms with van der Waals surface area (Å²) in [5.74, 6) is 1.15. The van der Waals surface area contributed by atoms with E-state index in [0.717, 1.165) is 5.82 Å². The first-order chi connectivity index (χ1) is 14.5. The van der Waals surface area contributed by atoms with Crippen molar-refractivity contribution in [1.82, 2.24) is 9.88 Å². The smallest absolute Gasteiger partial charge is 0.243 e. The number of nitriles is 1. The molecule has 0 unspecified atom stereocenters. The highest BCUT2D eigenvalue weighted by Crippen LogP contribution is 2.23. The SMILES string of the molecule is COc1ccc(NC(=O)CN(C)C(=O)C2CCN(c3ccc(C#N)cn3)CC2)cc1. The standard InChI is InChI=1S/C22H25N5O3/c1-26(15-21(28)25-18-4-6-19(30-2)7-5-18)22(29)17-9-11-27(12-10-17)20-8-3-16(13-23)14-24-20/h3-8,14,17H,9-12,15H2,1-2H3,(H,25,28). The molecule has 1 fully saturated rings. The van der Waals surface area contributed by atoms with Crippen LogP contribution in [0, 0.1) is 17.2 Å². The maximum atomic E-state index is 12.8. The maximum Gasteiger partial charge on any atom is 0.243 e. The van der Waals surface area contributed by atoms with Crippen LogP contribution in [0.15, 0.2) is 42.6 Å². The molecule has 30 heavy (non-hydrogen) atoms. The van der Waals surface area contributed by atoms with Crippen LogP contribution in [0.5, 0.6) is 5.75 Å². The first-order valence-corrected chi connectivity index (χ1v) is 9.80. The zero-order chi connectivity index (χ0) is 21.5. The van der Waals surface area contributed by atoms with E-state index >= 15 is 0 Å². The molecule has 1 aromatic carbocycles. The van der Waals surface area contributed by atoms with Crippen molar-refractivity contribution in [3.63, 3.8) is 0 Å². The van der Waals surface area contributed by atoms with Crippen LogP contribution in [0.3, 0.4) is 0 Å². The Kier molecular flexibility index (Phi) is 6.86. The largest absolute Gasteiger partial charge is 0.497 e. The Bertz CT molecular complexity index is 913. The Morgan fingerprint density at radius 1 is 1.23 bits per heavy atom. The van der Waals surface area contributed by atoms with Crippen molar-refractivity contribution < 1.29 is 14.3 Å². The summed E-state index contributed by atoms with van der Waals surface area (Å²) in [6.07, 6.45) is 2.96. The summed E-state index contributed by atoms with van der Waals surface area (Å²) in [6, 6.07) is 12.7. The number of nitrogens with zero attached hydrogens (tertiary/aromatic N) is 4. The van der Waals surface area contributed by atoms with Gasteiger partial charge in [-0.1, -0.05) is 0 Å². The highest BCUT2D eigenvalue weighted by atomic mass is 16.5. The summed E-state index contributed by atoms with van der Waals surface area (Å²) in [5, 5.41) is 11.7. The molecule has 8 nitrogen and oxygen atoms in total. The second kappa shape index (κ2) is 9.74. The number of aromatic nitrogens is 1. The van der Waals surface area contributed by atoms with Crippen molar-refractivity contribution in [2.75, 3.05) is 44.0 Å². The minimum atomic E-state index is -0.241. The zero-order valence-electron chi connectivity index (χ0n) is 17.2. The Morgan fingerprint density at radius 3 is 2.50 bits per heavy atom. The topological polar surface area (TPSA) is 98.6 Å². The Labute approximate surface area is 176 Å². The van der Waals surface area contributed by atoms with Gasteiger partial charge in [-0.2, -0.15) is 5.26 Å². The Balaban J connectivity index is 1.47. The Hall–Kier alpha value is -3.60. The number of carbonyl (C=O) groups is 2. The van der Waals surface area contributed by atoms with Crippen LogP contribution < -0.4 is 15.0 Å². The van der Waals surface area contributed by atoms with Crippen LogP contribution in [-0.4, -0.2) is 55.5 Å². The lowest BCUT2D eigenvalue weighted by atomic mass is 9.95. The Morgan fingerprint density at radius 2 is 1.93 bits per heavy atom. The molecule has 1 aliphatic rings. The van der Waals surface area contributed by atoms with Crippen LogP contribution in [-0.2, 0) is 9.59 Å². The van der Waals surface area contributed by atoms with Gasteiger partial charge in [0.15, 0.2) is 0 Å². The molecule has 8 heteroatoms. The predicted molar refractivity (Wildman–Crippen MR) is 113 cm³/mol. The number of pyridine rings is 1. The van der Waals surface area contributed by atoms with Crippen molar-refractivity contribution >= 4 is 23.3 Å². The number of amides is 2. The second-order valence-corrected chi connectivity index (χ2v) is 7.25. The third-order valence-electron chi connectivity index (χ3n) is 5.18. The number of nitrogens with one attached hydrogen (secondary N) is 1. The molecule has 0 radical (unpaired) electrons. The van der Waals surface area contributed by atoms with E-state index in [1.807, 2.05) is 6.07 Å². The average molecular weight is 407 g/mol. The summed E-state index contributed by atoms with van der Waals surface area (Å²) in [5.41, 5.74) is 1.18. The summed E-state index contributed by atoms with van der Waals surface area (Å²) in [7, 11) is 3.24. The van der Waals surface area contributed by atoms with Crippen molar-refractivity contribution in [1.29, 1.82) is 5.26 Å². The average Bonchev–Trinajstić information content (AvgIpc) is 2.79. The number of hydrogen-bond donors (Lipinski definition) is 1. The molecule has 0 saturated carbocycles. The number of likely N-dealkylation sites (N-methyl/N-ethyl adjacent to an activating group) is 1. The quantitative estimate of drug-likeness (QED) is 0.789. The van der Waals surface area contributed by atoms with Crippen molar-refractivity contribution in [3.05, 3.63) is 48.2 Å². The molecule has 2 aromatic rings. The van der Waals surface area contributed by atoms with Gasteiger partial charge in [0.1, 0.15) is 17.6 Å². The van der Waals surface area contributed by atoms with Gasteiger partial charge in [-0.3, -0.25) is 9.59 Å². The monoisotopic (exact) mass is 407 g/mol. The van der Waals surface area contributed by atoms with E-state index in [-0.39, 0.29) is 24.3 Å². The fourth-order valence-corrected chi connectivity index (χ4v) is 3.47. The molecule has 1 aromatic heterocycles. The highest BCUT2D eigenvalue weighted by Gasteiger charge is 2.28. The van der Waals surface area contributed by atoms with Crippen LogP contribution in [0.4, 0.5) is 11.5 Å². The molecule has 1 saturated heterocycles.